The minimum absolute atomic E-state index is 0.136. The molecule has 1 aromatic heterocycles. The smallest absolute Gasteiger partial charge is 0.305 e. The average molecular weight is 267 g/mol. The van der Waals surface area contributed by atoms with Gasteiger partial charge in [-0.2, -0.15) is 0 Å². The van der Waals surface area contributed by atoms with Crippen LogP contribution in [-0.4, -0.2) is 28.7 Å². The van der Waals surface area contributed by atoms with Crippen molar-refractivity contribution in [3.63, 3.8) is 0 Å². The lowest BCUT2D eigenvalue weighted by Crippen LogP contribution is -2.21. The largest absolute Gasteiger partial charge is 0.466 e. The van der Waals surface area contributed by atoms with E-state index in [4.69, 9.17) is 10.5 Å². The molecule has 1 rings (SSSR count). The molecule has 1 aromatic rings. The number of rotatable bonds is 8. The van der Waals surface area contributed by atoms with Crippen molar-refractivity contribution < 1.29 is 9.53 Å². The first-order valence-corrected chi connectivity index (χ1v) is 6.95. The van der Waals surface area contributed by atoms with E-state index >= 15 is 0 Å². The van der Waals surface area contributed by atoms with Crippen LogP contribution < -0.4 is 5.73 Å². The maximum atomic E-state index is 11.3. The Hall–Kier alpha value is -1.36. The molecule has 0 spiro atoms. The third-order valence-corrected chi connectivity index (χ3v) is 3.27. The summed E-state index contributed by atoms with van der Waals surface area (Å²) >= 11 is 0. The van der Waals surface area contributed by atoms with Crippen molar-refractivity contribution in [2.24, 2.45) is 11.7 Å². The molecule has 0 saturated heterocycles. The predicted octanol–water partition coefficient (Wildman–Crippen LogP) is 1.92. The first-order chi connectivity index (χ1) is 9.10. The van der Waals surface area contributed by atoms with Gasteiger partial charge in [0.25, 0.3) is 0 Å². The predicted molar refractivity (Wildman–Crippen MR) is 74.7 cm³/mol. The number of ether oxygens (including phenoxy) is 1. The first kappa shape index (κ1) is 15.7. The highest BCUT2D eigenvalue weighted by Crippen LogP contribution is 2.23. The Morgan fingerprint density at radius 2 is 2.26 bits per heavy atom. The summed E-state index contributed by atoms with van der Waals surface area (Å²) in [6, 6.07) is 0. The lowest BCUT2D eigenvalue weighted by Gasteiger charge is -2.20. The molecule has 0 bridgehead atoms. The number of carbonyl (C=O) groups is 1. The van der Waals surface area contributed by atoms with E-state index in [9.17, 15) is 4.79 Å². The molecule has 1 atom stereocenters. The van der Waals surface area contributed by atoms with Crippen LogP contribution in [0, 0.1) is 5.92 Å². The quantitative estimate of drug-likeness (QED) is 0.731. The van der Waals surface area contributed by atoms with Gasteiger partial charge in [-0.15, -0.1) is 0 Å². The second-order valence-corrected chi connectivity index (χ2v) is 5.01. The summed E-state index contributed by atoms with van der Waals surface area (Å²) in [4.78, 5) is 15.5. The summed E-state index contributed by atoms with van der Waals surface area (Å²) in [7, 11) is 0. The molecule has 0 radical (unpaired) electrons. The van der Waals surface area contributed by atoms with Crippen LogP contribution in [0.15, 0.2) is 12.5 Å². The van der Waals surface area contributed by atoms with Crippen molar-refractivity contribution in [1.82, 2.24) is 9.55 Å². The second-order valence-electron chi connectivity index (χ2n) is 5.01. The molecule has 0 aromatic carbocycles. The molecule has 1 heterocycles. The fraction of sp³-hybridized carbons (Fsp3) is 0.714. The molecule has 5 nitrogen and oxygen atoms in total. The Bertz CT molecular complexity index is 388. The van der Waals surface area contributed by atoms with Crippen LogP contribution >= 0.6 is 0 Å². The van der Waals surface area contributed by atoms with E-state index in [2.05, 4.69) is 23.4 Å². The zero-order valence-electron chi connectivity index (χ0n) is 12.1. The molecule has 19 heavy (non-hydrogen) atoms. The number of nitrogens with zero attached hydrogens (tertiary/aromatic N) is 2. The molecule has 108 valence electrons. The van der Waals surface area contributed by atoms with E-state index in [0.717, 1.165) is 18.7 Å². The van der Waals surface area contributed by atoms with Crippen LogP contribution in [0.2, 0.25) is 0 Å². The normalized spacial score (nSPS) is 12.7. The monoisotopic (exact) mass is 267 g/mol. The van der Waals surface area contributed by atoms with Crippen LogP contribution in [0.1, 0.15) is 45.2 Å². The van der Waals surface area contributed by atoms with Gasteiger partial charge in [0, 0.05) is 37.3 Å². The number of aryl methyl sites for hydroxylation is 1. The molecular weight excluding hydrogens is 242 g/mol. The Morgan fingerprint density at radius 3 is 2.84 bits per heavy atom. The van der Waals surface area contributed by atoms with Crippen molar-refractivity contribution in [3.8, 4) is 0 Å². The van der Waals surface area contributed by atoms with Crippen LogP contribution in [0.25, 0.3) is 0 Å². The van der Waals surface area contributed by atoms with Crippen LogP contribution in [0.3, 0.4) is 0 Å². The molecule has 0 aliphatic carbocycles. The van der Waals surface area contributed by atoms with Gasteiger partial charge in [0.05, 0.1) is 12.9 Å². The maximum absolute atomic E-state index is 11.3. The highest BCUT2D eigenvalue weighted by Gasteiger charge is 2.18. The fourth-order valence-electron chi connectivity index (χ4n) is 2.19. The SMILES string of the molecule is CCOC(=O)CCCn1cncc1C(CN)C(C)C. The number of esters is 1. The van der Waals surface area contributed by atoms with Crippen molar-refractivity contribution in [1.29, 1.82) is 0 Å². The van der Waals surface area contributed by atoms with E-state index in [1.54, 1.807) is 0 Å². The highest BCUT2D eigenvalue weighted by molar-refractivity contribution is 5.69. The Labute approximate surface area is 115 Å². The van der Waals surface area contributed by atoms with Gasteiger partial charge >= 0.3 is 5.97 Å². The lowest BCUT2D eigenvalue weighted by molar-refractivity contribution is -0.143. The summed E-state index contributed by atoms with van der Waals surface area (Å²) < 4.78 is 7.01. The lowest BCUT2D eigenvalue weighted by atomic mass is 9.93. The minimum Gasteiger partial charge on any atom is -0.466 e. The number of nitrogens with two attached hydrogens (primary N) is 1. The number of hydrogen-bond donors (Lipinski definition) is 1. The van der Waals surface area contributed by atoms with Gasteiger partial charge in [-0.05, 0) is 19.3 Å². The molecule has 0 saturated carbocycles. The van der Waals surface area contributed by atoms with Crippen molar-refractivity contribution >= 4 is 5.97 Å². The molecule has 5 heteroatoms. The third kappa shape index (κ3) is 4.67. The molecule has 0 fully saturated rings. The number of imidazole rings is 1. The zero-order chi connectivity index (χ0) is 14.3. The van der Waals surface area contributed by atoms with E-state index in [1.807, 2.05) is 19.4 Å². The first-order valence-electron chi connectivity index (χ1n) is 6.95. The van der Waals surface area contributed by atoms with E-state index in [-0.39, 0.29) is 5.97 Å². The van der Waals surface area contributed by atoms with Gasteiger partial charge in [-0.1, -0.05) is 13.8 Å². The molecule has 2 N–H and O–H groups in total. The molecular formula is C14H25N3O2. The third-order valence-electron chi connectivity index (χ3n) is 3.27. The summed E-state index contributed by atoms with van der Waals surface area (Å²) in [5.74, 6) is 0.652. The van der Waals surface area contributed by atoms with Gasteiger partial charge in [0.2, 0.25) is 0 Å². The molecule has 0 aliphatic heterocycles. The van der Waals surface area contributed by atoms with E-state index < -0.39 is 0 Å². The molecule has 0 amide bonds. The number of hydrogen-bond acceptors (Lipinski definition) is 4. The Balaban J connectivity index is 2.55. The van der Waals surface area contributed by atoms with Crippen molar-refractivity contribution in [3.05, 3.63) is 18.2 Å². The van der Waals surface area contributed by atoms with Crippen LogP contribution in [-0.2, 0) is 16.1 Å². The van der Waals surface area contributed by atoms with E-state index in [1.165, 1.54) is 0 Å². The Kier molecular flexibility index (Phi) is 6.56. The number of aromatic nitrogens is 2. The van der Waals surface area contributed by atoms with Gasteiger partial charge in [-0.25, -0.2) is 4.98 Å². The highest BCUT2D eigenvalue weighted by atomic mass is 16.5. The van der Waals surface area contributed by atoms with Crippen molar-refractivity contribution in [2.45, 2.75) is 46.1 Å². The summed E-state index contributed by atoms with van der Waals surface area (Å²) in [6.07, 6.45) is 4.89. The topological polar surface area (TPSA) is 70.1 Å². The maximum Gasteiger partial charge on any atom is 0.305 e. The summed E-state index contributed by atoms with van der Waals surface area (Å²) in [5.41, 5.74) is 6.99. The summed E-state index contributed by atoms with van der Waals surface area (Å²) in [6.45, 7) is 7.97. The van der Waals surface area contributed by atoms with Crippen LogP contribution in [0.4, 0.5) is 0 Å². The average Bonchev–Trinajstić information content (AvgIpc) is 2.78. The summed E-state index contributed by atoms with van der Waals surface area (Å²) in [5, 5.41) is 0. The fourth-order valence-corrected chi connectivity index (χ4v) is 2.19. The minimum atomic E-state index is -0.136. The van der Waals surface area contributed by atoms with Gasteiger partial charge in [0.1, 0.15) is 0 Å². The molecule has 0 aliphatic rings. The second kappa shape index (κ2) is 7.94. The van der Waals surface area contributed by atoms with E-state index in [0.29, 0.717) is 31.4 Å². The van der Waals surface area contributed by atoms with Gasteiger partial charge in [0.15, 0.2) is 0 Å². The molecule has 1 unspecified atom stereocenters. The zero-order valence-corrected chi connectivity index (χ0v) is 12.1. The van der Waals surface area contributed by atoms with Gasteiger partial charge < -0.3 is 15.0 Å². The standard InChI is InChI=1S/C14H25N3O2/c1-4-19-14(18)6-5-7-17-10-16-9-13(17)12(8-15)11(2)3/h9-12H,4-8,15H2,1-3H3. The van der Waals surface area contributed by atoms with Crippen molar-refractivity contribution in [2.75, 3.05) is 13.2 Å². The van der Waals surface area contributed by atoms with Crippen LogP contribution in [0.5, 0.6) is 0 Å². The number of carbonyl (C=O) groups excluding carboxylic acids is 1. The Morgan fingerprint density at radius 1 is 1.53 bits per heavy atom. The van der Waals surface area contributed by atoms with Gasteiger partial charge in [-0.3, -0.25) is 4.79 Å².